The maximum atomic E-state index is 13.4. The Bertz CT molecular complexity index is 775. The molecule has 1 rings (SSSR count). The third-order valence-electron chi connectivity index (χ3n) is 4.28. The fraction of sp³-hybridized carbons (Fsp3) is 0.474. The van der Waals surface area contributed by atoms with Crippen LogP contribution < -0.4 is 27.4 Å². The van der Waals surface area contributed by atoms with Crippen molar-refractivity contribution >= 4 is 23.8 Å². The van der Waals surface area contributed by atoms with E-state index in [1.807, 2.05) is 6.92 Å². The fourth-order valence-corrected chi connectivity index (χ4v) is 2.63. The van der Waals surface area contributed by atoms with Crippen molar-refractivity contribution in [3.05, 3.63) is 35.4 Å². The summed E-state index contributed by atoms with van der Waals surface area (Å²) in [5, 5.41) is 7.32. The van der Waals surface area contributed by atoms with Gasteiger partial charge in [-0.2, -0.15) is 0 Å². The normalized spacial score (nSPS) is 12.5. The summed E-state index contributed by atoms with van der Waals surface area (Å²) in [5.41, 5.74) is 10.1. The molecule has 0 saturated carbocycles. The van der Waals surface area contributed by atoms with Gasteiger partial charge < -0.3 is 27.4 Å². The maximum Gasteiger partial charge on any atom is 0.312 e. The van der Waals surface area contributed by atoms with E-state index in [0.29, 0.717) is 12.8 Å². The molecular formula is C19H27F2N5O4. The van der Waals surface area contributed by atoms with Gasteiger partial charge in [0.05, 0.1) is 0 Å². The molecule has 0 fully saturated rings. The van der Waals surface area contributed by atoms with Crippen LogP contribution in [0.1, 0.15) is 49.4 Å². The van der Waals surface area contributed by atoms with Crippen LogP contribution in [0, 0.1) is 11.6 Å². The summed E-state index contributed by atoms with van der Waals surface area (Å²) in [6.07, 6.45) is 2.09. The maximum absolute atomic E-state index is 13.4. The van der Waals surface area contributed by atoms with Crippen LogP contribution in [0.5, 0.6) is 0 Å². The number of nitrogens with two attached hydrogens (primary N) is 2. The van der Waals surface area contributed by atoms with Crippen molar-refractivity contribution in [1.82, 2.24) is 16.0 Å². The number of rotatable bonds is 12. The largest absolute Gasteiger partial charge is 0.368 e. The van der Waals surface area contributed by atoms with E-state index in [-0.39, 0.29) is 24.9 Å². The van der Waals surface area contributed by atoms with Crippen molar-refractivity contribution in [3.8, 4) is 0 Å². The summed E-state index contributed by atoms with van der Waals surface area (Å²) in [7, 11) is 0. The molecule has 2 atom stereocenters. The second kappa shape index (κ2) is 12.3. The van der Waals surface area contributed by atoms with Gasteiger partial charge in [0.15, 0.2) is 11.6 Å². The lowest BCUT2D eigenvalue weighted by Crippen LogP contribution is -2.53. The van der Waals surface area contributed by atoms with Crippen molar-refractivity contribution in [1.29, 1.82) is 0 Å². The Balaban J connectivity index is 2.79. The van der Waals surface area contributed by atoms with Gasteiger partial charge in [-0.3, -0.25) is 14.4 Å². The van der Waals surface area contributed by atoms with Gasteiger partial charge in [-0.15, -0.1) is 0 Å². The first-order chi connectivity index (χ1) is 14.1. The van der Waals surface area contributed by atoms with Gasteiger partial charge in [-0.05, 0) is 37.5 Å². The van der Waals surface area contributed by atoms with Gasteiger partial charge in [0.2, 0.25) is 11.8 Å². The van der Waals surface area contributed by atoms with Crippen molar-refractivity contribution < 1.29 is 28.0 Å². The topological polar surface area (TPSA) is 156 Å². The number of carbonyl (C=O) groups is 4. The van der Waals surface area contributed by atoms with Gasteiger partial charge in [-0.25, -0.2) is 13.6 Å². The summed E-state index contributed by atoms with van der Waals surface area (Å²) < 4.78 is 26.4. The zero-order valence-corrected chi connectivity index (χ0v) is 16.7. The van der Waals surface area contributed by atoms with Crippen LogP contribution in [0.3, 0.4) is 0 Å². The molecule has 5 amide bonds. The van der Waals surface area contributed by atoms with Gasteiger partial charge in [0.25, 0.3) is 5.91 Å². The van der Waals surface area contributed by atoms with E-state index >= 15 is 0 Å². The van der Waals surface area contributed by atoms with E-state index in [1.54, 1.807) is 0 Å². The number of primary amides is 2. The molecular weight excluding hydrogens is 400 g/mol. The zero-order chi connectivity index (χ0) is 22.7. The van der Waals surface area contributed by atoms with Crippen molar-refractivity contribution in [3.63, 3.8) is 0 Å². The molecule has 1 aromatic carbocycles. The first-order valence-corrected chi connectivity index (χ1v) is 9.54. The predicted octanol–water partition coefficient (Wildman–Crippen LogP) is 0.672. The second-order valence-electron chi connectivity index (χ2n) is 6.69. The van der Waals surface area contributed by atoms with E-state index in [9.17, 15) is 28.0 Å². The Kier molecular flexibility index (Phi) is 10.2. The first kappa shape index (κ1) is 24.8. The van der Waals surface area contributed by atoms with E-state index in [1.165, 1.54) is 0 Å². The van der Waals surface area contributed by atoms with Crippen LogP contribution in [0.2, 0.25) is 0 Å². The van der Waals surface area contributed by atoms with Crippen LogP contribution >= 0.6 is 0 Å². The lowest BCUT2D eigenvalue weighted by Gasteiger charge is -2.22. The molecule has 0 unspecified atom stereocenters. The Labute approximate surface area is 172 Å². The van der Waals surface area contributed by atoms with Gasteiger partial charge >= 0.3 is 6.03 Å². The third kappa shape index (κ3) is 8.41. The lowest BCUT2D eigenvalue weighted by atomic mass is 10.1. The average Bonchev–Trinajstić information content (AvgIpc) is 2.68. The summed E-state index contributed by atoms with van der Waals surface area (Å²) in [6, 6.07) is -0.0891. The molecule has 0 heterocycles. The number of hydrogen-bond acceptors (Lipinski definition) is 4. The van der Waals surface area contributed by atoms with Crippen LogP contribution in [0.15, 0.2) is 18.2 Å². The van der Waals surface area contributed by atoms with Gasteiger partial charge in [0.1, 0.15) is 12.1 Å². The molecule has 11 heteroatoms. The van der Waals surface area contributed by atoms with Crippen molar-refractivity contribution in [2.45, 2.75) is 51.1 Å². The Hall–Kier alpha value is -3.24. The van der Waals surface area contributed by atoms with Crippen molar-refractivity contribution in [2.75, 3.05) is 6.54 Å². The van der Waals surface area contributed by atoms with Crippen LogP contribution in [-0.4, -0.2) is 42.4 Å². The molecule has 0 bridgehead atoms. The fourth-order valence-electron chi connectivity index (χ4n) is 2.63. The Morgan fingerprint density at radius 3 is 2.20 bits per heavy atom. The highest BCUT2D eigenvalue weighted by Gasteiger charge is 2.25. The Morgan fingerprint density at radius 1 is 0.967 bits per heavy atom. The first-order valence-electron chi connectivity index (χ1n) is 9.54. The predicted molar refractivity (Wildman–Crippen MR) is 105 cm³/mol. The van der Waals surface area contributed by atoms with Crippen molar-refractivity contribution in [2.24, 2.45) is 11.5 Å². The SMILES string of the molecule is CCCC[C@H](NC(=O)c1ccc(F)c(F)c1)C(=O)N[C@@H](CCCNC(N)=O)C(N)=O. The standard InChI is InChI=1S/C19H27F2N5O4/c1-2-3-5-15(26-17(28)11-7-8-12(20)13(21)10-11)18(29)25-14(16(22)27)6-4-9-24-19(23)30/h7-8,10,14-15H,2-6,9H2,1H3,(H2,22,27)(H,25,29)(H,26,28)(H3,23,24,30)/t14-,15-/m0/s1. The number of carbonyl (C=O) groups excluding carboxylic acids is 4. The number of unbranched alkanes of at least 4 members (excludes halogenated alkanes) is 1. The number of amides is 5. The average molecular weight is 427 g/mol. The molecule has 166 valence electrons. The molecule has 9 nitrogen and oxygen atoms in total. The molecule has 7 N–H and O–H groups in total. The highest BCUT2D eigenvalue weighted by atomic mass is 19.2. The van der Waals surface area contributed by atoms with Crippen LogP contribution in [0.25, 0.3) is 0 Å². The number of benzene rings is 1. The van der Waals surface area contributed by atoms with Crippen LogP contribution in [-0.2, 0) is 9.59 Å². The molecule has 1 aromatic rings. The van der Waals surface area contributed by atoms with E-state index < -0.39 is 47.5 Å². The van der Waals surface area contributed by atoms with E-state index in [4.69, 9.17) is 11.5 Å². The smallest absolute Gasteiger partial charge is 0.312 e. The van der Waals surface area contributed by atoms with E-state index in [2.05, 4.69) is 16.0 Å². The van der Waals surface area contributed by atoms with Gasteiger partial charge in [0, 0.05) is 12.1 Å². The number of halogens is 2. The highest BCUT2D eigenvalue weighted by molar-refractivity contribution is 5.98. The molecule has 0 aliphatic heterocycles. The third-order valence-corrected chi connectivity index (χ3v) is 4.28. The molecule has 0 aromatic heterocycles. The highest BCUT2D eigenvalue weighted by Crippen LogP contribution is 2.10. The number of urea groups is 1. The summed E-state index contributed by atoms with van der Waals surface area (Å²) in [5.74, 6) is -4.45. The quantitative estimate of drug-likeness (QED) is 0.311. The molecule has 0 radical (unpaired) electrons. The summed E-state index contributed by atoms with van der Waals surface area (Å²) in [6.45, 7) is 2.09. The molecule has 30 heavy (non-hydrogen) atoms. The second-order valence-corrected chi connectivity index (χ2v) is 6.69. The minimum absolute atomic E-state index is 0.146. The van der Waals surface area contributed by atoms with Gasteiger partial charge in [-0.1, -0.05) is 19.8 Å². The number of nitrogens with one attached hydrogen (secondary N) is 3. The van der Waals surface area contributed by atoms with Crippen LogP contribution in [0.4, 0.5) is 13.6 Å². The Morgan fingerprint density at radius 2 is 1.63 bits per heavy atom. The monoisotopic (exact) mass is 427 g/mol. The lowest BCUT2D eigenvalue weighted by molar-refractivity contribution is -0.128. The van der Waals surface area contributed by atoms with E-state index in [0.717, 1.165) is 24.6 Å². The molecule has 0 aliphatic carbocycles. The summed E-state index contributed by atoms with van der Waals surface area (Å²) >= 11 is 0. The number of hydrogen-bond donors (Lipinski definition) is 5. The molecule has 0 aliphatic rings. The molecule has 0 spiro atoms. The zero-order valence-electron chi connectivity index (χ0n) is 16.7. The summed E-state index contributed by atoms with van der Waals surface area (Å²) in [4.78, 5) is 47.3. The minimum atomic E-state index is -1.18. The minimum Gasteiger partial charge on any atom is -0.368 e. The molecule has 0 saturated heterocycles.